The van der Waals surface area contributed by atoms with Crippen LogP contribution in [0.3, 0.4) is 0 Å². The third kappa shape index (κ3) is 3.87. The van der Waals surface area contributed by atoms with Crippen LogP contribution in [0.1, 0.15) is 26.3 Å². The van der Waals surface area contributed by atoms with Gasteiger partial charge >= 0.3 is 6.01 Å². The van der Waals surface area contributed by atoms with E-state index >= 15 is 0 Å². The van der Waals surface area contributed by atoms with Gasteiger partial charge in [0.15, 0.2) is 0 Å². The summed E-state index contributed by atoms with van der Waals surface area (Å²) in [4.78, 5) is 8.94. The lowest BCUT2D eigenvalue weighted by atomic mass is 10.1. The fourth-order valence-electron chi connectivity index (χ4n) is 3.00. The van der Waals surface area contributed by atoms with Gasteiger partial charge in [0.05, 0.1) is 0 Å². The number of aromatic nitrogens is 2. The zero-order chi connectivity index (χ0) is 18.7. The summed E-state index contributed by atoms with van der Waals surface area (Å²) in [7, 11) is 0. The van der Waals surface area contributed by atoms with Crippen molar-refractivity contribution in [1.82, 2.24) is 15.0 Å². The first-order valence-electron chi connectivity index (χ1n) is 8.88. The van der Waals surface area contributed by atoms with Crippen molar-refractivity contribution in [2.45, 2.75) is 26.8 Å². The van der Waals surface area contributed by atoms with Gasteiger partial charge < -0.3 is 25.0 Å². The number of nitrogens with one attached hydrogen (secondary N) is 2. The molecule has 1 fully saturated rings. The lowest BCUT2D eigenvalue weighted by Gasteiger charge is -2.35. The summed E-state index contributed by atoms with van der Waals surface area (Å²) < 4.78 is 5.49. The molecule has 0 aliphatic carbocycles. The van der Waals surface area contributed by atoms with Gasteiger partial charge in [0.1, 0.15) is 0 Å². The molecule has 2 aromatic rings. The summed E-state index contributed by atoms with van der Waals surface area (Å²) in [5, 5.41) is 15.1. The molecule has 0 bridgehead atoms. The van der Waals surface area contributed by atoms with E-state index in [1.807, 2.05) is 25.1 Å². The maximum atomic E-state index is 7.56. The van der Waals surface area contributed by atoms with E-state index in [1.165, 1.54) is 6.21 Å². The molecule has 1 aromatic carbocycles. The fraction of sp³-hybridized carbons (Fsp3) is 0.421. The second kappa shape index (κ2) is 7.59. The van der Waals surface area contributed by atoms with Crippen LogP contribution in [0.15, 0.2) is 35.0 Å². The van der Waals surface area contributed by atoms with Gasteiger partial charge in [-0.2, -0.15) is 4.98 Å². The lowest BCUT2D eigenvalue weighted by Crippen LogP contribution is -2.45. The van der Waals surface area contributed by atoms with Crippen LogP contribution in [0.25, 0.3) is 11.4 Å². The predicted octanol–water partition coefficient (Wildman–Crippen LogP) is 3.21. The van der Waals surface area contributed by atoms with Crippen molar-refractivity contribution in [3.05, 3.63) is 36.0 Å². The number of anilines is 2. The maximum absolute atomic E-state index is 7.56. The minimum atomic E-state index is 0.273. The third-order valence-corrected chi connectivity index (χ3v) is 4.42. The number of nitrogens with zero attached hydrogens (tertiary/aromatic N) is 4. The van der Waals surface area contributed by atoms with Gasteiger partial charge in [-0.1, -0.05) is 23.9 Å². The van der Waals surface area contributed by atoms with Gasteiger partial charge in [0.2, 0.25) is 5.82 Å². The van der Waals surface area contributed by atoms with Gasteiger partial charge in [-0.3, -0.25) is 0 Å². The lowest BCUT2D eigenvalue weighted by molar-refractivity contribution is 0.307. The van der Waals surface area contributed by atoms with Crippen LogP contribution in [0, 0.1) is 5.41 Å². The molecular formula is C19H26N6O. The highest BCUT2D eigenvalue weighted by atomic mass is 16.5. The zero-order valence-corrected chi connectivity index (χ0v) is 15.6. The Bertz CT molecular complexity index is 789. The Morgan fingerprint density at radius 3 is 2.65 bits per heavy atom. The second-order valence-corrected chi connectivity index (χ2v) is 6.86. The molecule has 7 heteroatoms. The average molecular weight is 354 g/mol. The van der Waals surface area contributed by atoms with E-state index in [0.717, 1.165) is 48.7 Å². The highest BCUT2D eigenvalue weighted by molar-refractivity contribution is 5.87. The normalized spacial score (nSPS) is 14.6. The molecule has 26 heavy (non-hydrogen) atoms. The molecule has 2 heterocycles. The van der Waals surface area contributed by atoms with Gasteiger partial charge in [0, 0.05) is 60.9 Å². The Hall–Kier alpha value is -2.83. The largest absolute Gasteiger partial charge is 0.382 e. The summed E-state index contributed by atoms with van der Waals surface area (Å²) in [6, 6.07) is 6.60. The highest BCUT2D eigenvalue weighted by Crippen LogP contribution is 2.26. The van der Waals surface area contributed by atoms with E-state index < -0.39 is 0 Å². The minimum Gasteiger partial charge on any atom is -0.382 e. The number of allylic oxidation sites excluding steroid dienone is 1. The quantitative estimate of drug-likeness (QED) is 0.775. The Morgan fingerprint density at radius 2 is 2.04 bits per heavy atom. The van der Waals surface area contributed by atoms with Crippen LogP contribution in [-0.4, -0.2) is 53.5 Å². The molecule has 3 rings (SSSR count). The number of piperazine rings is 1. The van der Waals surface area contributed by atoms with E-state index in [2.05, 4.69) is 45.7 Å². The number of hydrogen-bond donors (Lipinski definition) is 2. The van der Waals surface area contributed by atoms with E-state index in [9.17, 15) is 0 Å². The van der Waals surface area contributed by atoms with Crippen LogP contribution in [-0.2, 0) is 0 Å². The van der Waals surface area contributed by atoms with Crippen LogP contribution >= 0.6 is 0 Å². The van der Waals surface area contributed by atoms with Gasteiger partial charge in [-0.15, -0.1) is 0 Å². The van der Waals surface area contributed by atoms with Crippen molar-refractivity contribution in [3.63, 3.8) is 0 Å². The first-order chi connectivity index (χ1) is 12.5. The Balaban J connectivity index is 1.77. The molecule has 1 aliphatic heterocycles. The smallest absolute Gasteiger partial charge is 0.324 e. The summed E-state index contributed by atoms with van der Waals surface area (Å²) in [5.74, 6) is 0.561. The molecule has 1 aliphatic rings. The minimum absolute atomic E-state index is 0.273. The van der Waals surface area contributed by atoms with Crippen LogP contribution in [0.2, 0.25) is 0 Å². The van der Waals surface area contributed by atoms with Crippen LogP contribution < -0.4 is 10.2 Å². The number of rotatable bonds is 6. The summed E-state index contributed by atoms with van der Waals surface area (Å²) in [6.45, 7) is 13.6. The van der Waals surface area contributed by atoms with Gasteiger partial charge in [-0.05, 0) is 26.8 Å². The highest BCUT2D eigenvalue weighted by Gasteiger charge is 2.21. The molecular weight excluding hydrogens is 328 g/mol. The zero-order valence-electron chi connectivity index (χ0n) is 15.6. The molecule has 138 valence electrons. The molecule has 0 radical (unpaired) electrons. The summed E-state index contributed by atoms with van der Waals surface area (Å²) >= 11 is 0. The molecule has 0 amide bonds. The fourth-order valence-corrected chi connectivity index (χ4v) is 3.00. The Labute approximate surface area is 154 Å². The summed E-state index contributed by atoms with van der Waals surface area (Å²) in [6.07, 6.45) is 1.34. The number of hydrogen-bond acceptors (Lipinski definition) is 7. The first-order valence-corrected chi connectivity index (χ1v) is 8.88. The molecule has 7 nitrogen and oxygen atoms in total. The molecule has 1 aromatic heterocycles. The van der Waals surface area contributed by atoms with Crippen molar-refractivity contribution in [2.24, 2.45) is 0 Å². The topological polar surface area (TPSA) is 81.3 Å². The molecule has 1 saturated heterocycles. The second-order valence-electron chi connectivity index (χ2n) is 6.86. The van der Waals surface area contributed by atoms with Gasteiger partial charge in [0.25, 0.3) is 0 Å². The molecule has 0 atom stereocenters. The van der Waals surface area contributed by atoms with Crippen LogP contribution in [0.5, 0.6) is 0 Å². The van der Waals surface area contributed by atoms with E-state index in [4.69, 9.17) is 9.93 Å². The molecule has 0 saturated carbocycles. The first kappa shape index (κ1) is 18.0. The van der Waals surface area contributed by atoms with Crippen molar-refractivity contribution in [3.8, 4) is 11.4 Å². The summed E-state index contributed by atoms with van der Waals surface area (Å²) in [5.41, 5.74) is 3.69. The van der Waals surface area contributed by atoms with Crippen molar-refractivity contribution >= 4 is 17.9 Å². The Kier molecular flexibility index (Phi) is 5.25. The Morgan fingerprint density at radius 1 is 1.31 bits per heavy atom. The molecule has 2 N–H and O–H groups in total. The van der Waals surface area contributed by atoms with E-state index in [1.54, 1.807) is 0 Å². The van der Waals surface area contributed by atoms with E-state index in [0.29, 0.717) is 11.8 Å². The van der Waals surface area contributed by atoms with Gasteiger partial charge in [-0.25, -0.2) is 0 Å². The number of benzene rings is 1. The van der Waals surface area contributed by atoms with Crippen molar-refractivity contribution in [1.29, 1.82) is 5.41 Å². The average Bonchev–Trinajstić information content (AvgIpc) is 3.11. The van der Waals surface area contributed by atoms with Crippen molar-refractivity contribution < 1.29 is 4.52 Å². The van der Waals surface area contributed by atoms with E-state index in [-0.39, 0.29) is 6.04 Å². The standard InChI is InChI=1S/C19H26N6O/c1-13(2)21-17-11-15(5-6-16(17)12-20)18-22-19(26-23-18)25-9-7-24(8-10-25)14(3)4/h5-6,11-13,20-21H,3,7-10H2,1-2,4H3. The SMILES string of the molecule is C=C(C)N1CCN(c2nc(-c3ccc(C=N)c(NC(C)C)c3)no2)CC1. The molecule has 0 spiro atoms. The van der Waals surface area contributed by atoms with Crippen molar-refractivity contribution in [2.75, 3.05) is 36.4 Å². The maximum Gasteiger partial charge on any atom is 0.324 e. The molecule has 0 unspecified atom stereocenters. The predicted molar refractivity (Wildman–Crippen MR) is 105 cm³/mol. The third-order valence-electron chi connectivity index (χ3n) is 4.42. The monoisotopic (exact) mass is 354 g/mol. The van der Waals surface area contributed by atoms with Crippen LogP contribution in [0.4, 0.5) is 11.7 Å².